The molecule has 1 aromatic rings. The van der Waals surface area contributed by atoms with Crippen molar-refractivity contribution in [1.29, 1.82) is 0 Å². The average molecular weight is 436 g/mol. The Hall–Kier alpha value is -2.77. The van der Waals surface area contributed by atoms with Crippen molar-refractivity contribution < 1.29 is 24.2 Å². The number of aromatic hydroxyl groups is 1. The van der Waals surface area contributed by atoms with Crippen LogP contribution < -0.4 is 10.6 Å². The molecule has 0 saturated carbocycles. The van der Waals surface area contributed by atoms with Gasteiger partial charge in [-0.2, -0.15) is 0 Å². The zero-order valence-corrected chi connectivity index (χ0v) is 19.7. The van der Waals surface area contributed by atoms with Gasteiger partial charge in [-0.25, -0.2) is 4.79 Å². The molecular formula is C23H37N3O5. The molecule has 0 fully saturated rings. The van der Waals surface area contributed by atoms with Gasteiger partial charge in [-0.3, -0.25) is 9.59 Å². The van der Waals surface area contributed by atoms with E-state index in [1.807, 2.05) is 13.8 Å². The van der Waals surface area contributed by atoms with Gasteiger partial charge in [0.2, 0.25) is 11.8 Å². The van der Waals surface area contributed by atoms with Crippen molar-refractivity contribution in [3.05, 3.63) is 29.3 Å². The predicted molar refractivity (Wildman–Crippen MR) is 120 cm³/mol. The Labute approximate surface area is 185 Å². The molecule has 8 heteroatoms. The summed E-state index contributed by atoms with van der Waals surface area (Å²) in [5.41, 5.74) is 0.254. The van der Waals surface area contributed by atoms with Crippen LogP contribution in [0.15, 0.2) is 18.2 Å². The Morgan fingerprint density at radius 2 is 1.84 bits per heavy atom. The highest BCUT2D eigenvalue weighted by molar-refractivity contribution is 5.91. The SMILES string of the molecule is CCCC(C)NC(=O)C(c1cccc(C)c1O)N(CC)C(=O)CNC(=O)OC(C)(C)C. The van der Waals surface area contributed by atoms with E-state index in [0.717, 1.165) is 12.8 Å². The molecule has 174 valence electrons. The Bertz CT molecular complexity index is 773. The number of likely N-dealkylation sites (N-methyl/N-ethyl adjacent to an activating group) is 1. The maximum absolute atomic E-state index is 13.2. The van der Waals surface area contributed by atoms with Crippen LogP contribution in [0.4, 0.5) is 4.79 Å². The van der Waals surface area contributed by atoms with Crippen molar-refractivity contribution in [2.45, 2.75) is 79.0 Å². The quantitative estimate of drug-likeness (QED) is 0.551. The van der Waals surface area contributed by atoms with Crippen molar-refractivity contribution in [3.63, 3.8) is 0 Å². The summed E-state index contributed by atoms with van der Waals surface area (Å²) in [5.74, 6) is -0.871. The fraction of sp³-hybridized carbons (Fsp3) is 0.609. The fourth-order valence-corrected chi connectivity index (χ4v) is 3.25. The van der Waals surface area contributed by atoms with E-state index in [1.54, 1.807) is 52.8 Å². The standard InChI is InChI=1S/C23H37N3O5/c1-8-11-16(4)25-21(29)19(17-13-10-12-15(3)20(17)28)26(9-2)18(27)14-24-22(30)31-23(5,6)7/h10,12-13,16,19,28H,8-9,11,14H2,1-7H3,(H,24,30)(H,25,29). The maximum atomic E-state index is 13.2. The number of para-hydroxylation sites is 1. The molecule has 0 spiro atoms. The number of nitrogens with one attached hydrogen (secondary N) is 2. The zero-order valence-electron chi connectivity index (χ0n) is 19.7. The van der Waals surface area contributed by atoms with Gasteiger partial charge in [0.1, 0.15) is 23.9 Å². The van der Waals surface area contributed by atoms with Crippen LogP contribution in [0.1, 0.15) is 71.6 Å². The Morgan fingerprint density at radius 1 is 1.19 bits per heavy atom. The molecule has 0 aliphatic heterocycles. The third-order valence-corrected chi connectivity index (χ3v) is 4.68. The summed E-state index contributed by atoms with van der Waals surface area (Å²) in [6.07, 6.45) is 0.976. The lowest BCUT2D eigenvalue weighted by Gasteiger charge is -2.32. The van der Waals surface area contributed by atoms with Gasteiger partial charge in [0, 0.05) is 18.2 Å². The molecule has 0 heterocycles. The van der Waals surface area contributed by atoms with Crippen LogP contribution in [0.3, 0.4) is 0 Å². The summed E-state index contributed by atoms with van der Waals surface area (Å²) in [6, 6.07) is 3.99. The lowest BCUT2D eigenvalue weighted by molar-refractivity contribution is -0.140. The first-order valence-electron chi connectivity index (χ1n) is 10.8. The first kappa shape index (κ1) is 26.3. The van der Waals surface area contributed by atoms with Crippen LogP contribution in [0, 0.1) is 6.92 Å². The number of amides is 3. The molecule has 2 unspecified atom stereocenters. The summed E-state index contributed by atoms with van der Waals surface area (Å²) in [5, 5.41) is 16.0. The number of hydrogen-bond donors (Lipinski definition) is 3. The normalized spacial score (nSPS) is 13.1. The third kappa shape index (κ3) is 8.11. The van der Waals surface area contributed by atoms with Gasteiger partial charge in [-0.15, -0.1) is 0 Å². The van der Waals surface area contributed by atoms with E-state index in [2.05, 4.69) is 10.6 Å². The topological polar surface area (TPSA) is 108 Å². The molecular weight excluding hydrogens is 398 g/mol. The van der Waals surface area contributed by atoms with Crippen molar-refractivity contribution >= 4 is 17.9 Å². The summed E-state index contributed by atoms with van der Waals surface area (Å²) in [7, 11) is 0. The summed E-state index contributed by atoms with van der Waals surface area (Å²) in [4.78, 5) is 39.4. The number of carbonyl (C=O) groups is 3. The Balaban J connectivity index is 3.16. The summed E-state index contributed by atoms with van der Waals surface area (Å²) >= 11 is 0. The first-order chi connectivity index (χ1) is 14.4. The van der Waals surface area contributed by atoms with Gasteiger partial charge in [-0.05, 0) is 53.5 Å². The number of phenolic OH excluding ortho intramolecular Hbond substituents is 1. The van der Waals surface area contributed by atoms with Crippen molar-refractivity contribution in [2.75, 3.05) is 13.1 Å². The molecule has 0 aromatic heterocycles. The lowest BCUT2D eigenvalue weighted by Crippen LogP contribution is -2.49. The van der Waals surface area contributed by atoms with Crippen LogP contribution in [-0.4, -0.2) is 52.6 Å². The average Bonchev–Trinajstić information content (AvgIpc) is 2.65. The molecule has 3 amide bonds. The van der Waals surface area contributed by atoms with E-state index < -0.39 is 23.6 Å². The molecule has 2 atom stereocenters. The highest BCUT2D eigenvalue weighted by Gasteiger charge is 2.33. The largest absolute Gasteiger partial charge is 0.507 e. The minimum absolute atomic E-state index is 0.0304. The molecule has 0 radical (unpaired) electrons. The van der Waals surface area contributed by atoms with Crippen LogP contribution in [0.2, 0.25) is 0 Å². The smallest absolute Gasteiger partial charge is 0.408 e. The van der Waals surface area contributed by atoms with E-state index >= 15 is 0 Å². The monoisotopic (exact) mass is 435 g/mol. The lowest BCUT2D eigenvalue weighted by atomic mass is 9.99. The number of rotatable bonds is 9. The van der Waals surface area contributed by atoms with Crippen LogP contribution in [-0.2, 0) is 14.3 Å². The molecule has 0 aliphatic rings. The van der Waals surface area contributed by atoms with Gasteiger partial charge >= 0.3 is 6.09 Å². The Morgan fingerprint density at radius 3 is 2.39 bits per heavy atom. The minimum atomic E-state index is -1.03. The molecule has 0 bridgehead atoms. The zero-order chi connectivity index (χ0) is 23.8. The van der Waals surface area contributed by atoms with Crippen molar-refractivity contribution in [2.24, 2.45) is 0 Å². The van der Waals surface area contributed by atoms with Gasteiger partial charge in [-0.1, -0.05) is 31.5 Å². The number of benzene rings is 1. The summed E-state index contributed by atoms with van der Waals surface area (Å²) < 4.78 is 5.17. The van der Waals surface area contributed by atoms with Gasteiger partial charge < -0.3 is 25.4 Å². The number of ether oxygens (including phenoxy) is 1. The number of nitrogens with zero attached hydrogens (tertiary/aromatic N) is 1. The van der Waals surface area contributed by atoms with E-state index in [9.17, 15) is 19.5 Å². The second-order valence-corrected chi connectivity index (χ2v) is 8.65. The molecule has 1 rings (SSSR count). The molecule has 0 saturated heterocycles. The highest BCUT2D eigenvalue weighted by Crippen LogP contribution is 2.31. The van der Waals surface area contributed by atoms with Crippen molar-refractivity contribution in [1.82, 2.24) is 15.5 Å². The van der Waals surface area contributed by atoms with E-state index in [0.29, 0.717) is 11.1 Å². The molecule has 3 N–H and O–H groups in total. The van der Waals surface area contributed by atoms with Crippen molar-refractivity contribution in [3.8, 4) is 5.75 Å². The first-order valence-corrected chi connectivity index (χ1v) is 10.8. The number of hydrogen-bond acceptors (Lipinski definition) is 5. The second-order valence-electron chi connectivity index (χ2n) is 8.65. The van der Waals surface area contributed by atoms with Crippen LogP contribution in [0.5, 0.6) is 5.75 Å². The Kier molecular flexibility index (Phi) is 9.81. The summed E-state index contributed by atoms with van der Waals surface area (Å²) in [6.45, 7) is 12.5. The van der Waals surface area contributed by atoms with E-state index in [-0.39, 0.29) is 30.8 Å². The maximum Gasteiger partial charge on any atom is 0.408 e. The molecule has 31 heavy (non-hydrogen) atoms. The molecule has 1 aromatic carbocycles. The minimum Gasteiger partial charge on any atom is -0.507 e. The predicted octanol–water partition coefficient (Wildman–Crippen LogP) is 3.42. The number of carbonyl (C=O) groups excluding carboxylic acids is 3. The highest BCUT2D eigenvalue weighted by atomic mass is 16.6. The van der Waals surface area contributed by atoms with Crippen LogP contribution >= 0.6 is 0 Å². The van der Waals surface area contributed by atoms with Crippen LogP contribution in [0.25, 0.3) is 0 Å². The number of aryl methyl sites for hydroxylation is 1. The fourth-order valence-electron chi connectivity index (χ4n) is 3.25. The van der Waals surface area contributed by atoms with E-state index in [1.165, 1.54) is 4.90 Å². The molecule has 0 aliphatic carbocycles. The number of phenols is 1. The van der Waals surface area contributed by atoms with E-state index in [4.69, 9.17) is 4.74 Å². The third-order valence-electron chi connectivity index (χ3n) is 4.68. The van der Waals surface area contributed by atoms with Gasteiger partial charge in [0.25, 0.3) is 0 Å². The number of alkyl carbamates (subject to hydrolysis) is 1. The van der Waals surface area contributed by atoms with Gasteiger partial charge in [0.05, 0.1) is 0 Å². The molecule has 8 nitrogen and oxygen atoms in total. The second kappa shape index (κ2) is 11.6. The van der Waals surface area contributed by atoms with Gasteiger partial charge in [0.15, 0.2) is 0 Å².